The van der Waals surface area contributed by atoms with Crippen LogP contribution in [0, 0.1) is 0 Å². The first-order chi connectivity index (χ1) is 6.33. The predicted molar refractivity (Wildman–Crippen MR) is 53.2 cm³/mol. The Balaban J connectivity index is 2.27. The normalized spacial score (nSPS) is 12.8. The van der Waals surface area contributed by atoms with E-state index < -0.39 is 0 Å². The van der Waals surface area contributed by atoms with Crippen molar-refractivity contribution in [2.75, 3.05) is 0 Å². The molecule has 13 heavy (non-hydrogen) atoms. The quantitative estimate of drug-likeness (QED) is 0.748. The number of rotatable bonds is 5. The van der Waals surface area contributed by atoms with Gasteiger partial charge in [0.25, 0.3) is 0 Å². The molecule has 0 spiro atoms. The van der Waals surface area contributed by atoms with Crippen molar-refractivity contribution in [2.24, 2.45) is 0 Å². The minimum absolute atomic E-state index is 0.569. The molecule has 3 heteroatoms. The molecule has 0 aromatic carbocycles. The molecule has 1 unspecified atom stereocenters. The van der Waals surface area contributed by atoms with E-state index in [-0.39, 0.29) is 0 Å². The van der Waals surface area contributed by atoms with Crippen LogP contribution < -0.4 is 5.32 Å². The summed E-state index contributed by atoms with van der Waals surface area (Å²) < 4.78 is 0. The van der Waals surface area contributed by atoms with E-state index in [1.807, 2.05) is 6.07 Å². The molecule has 0 aliphatic rings. The number of hydrogen-bond donors (Lipinski definition) is 1. The molecule has 0 aliphatic carbocycles. The van der Waals surface area contributed by atoms with Crippen molar-refractivity contribution in [3.8, 4) is 0 Å². The average Bonchev–Trinajstić information content (AvgIpc) is 2.17. The maximum absolute atomic E-state index is 4.14. The summed E-state index contributed by atoms with van der Waals surface area (Å²) in [7, 11) is 0. The summed E-state index contributed by atoms with van der Waals surface area (Å²) in [5, 5.41) is 3.41. The third kappa shape index (κ3) is 3.99. The average molecular weight is 179 g/mol. The van der Waals surface area contributed by atoms with Crippen LogP contribution in [0.25, 0.3) is 0 Å². The zero-order valence-electron chi connectivity index (χ0n) is 8.33. The molecule has 0 radical (unpaired) electrons. The molecule has 72 valence electrons. The van der Waals surface area contributed by atoms with Gasteiger partial charge in [-0.25, -0.2) is 9.97 Å². The third-order valence-electron chi connectivity index (χ3n) is 2.00. The third-order valence-corrected chi connectivity index (χ3v) is 2.00. The van der Waals surface area contributed by atoms with Crippen LogP contribution in [0.4, 0.5) is 0 Å². The van der Waals surface area contributed by atoms with Gasteiger partial charge in [-0.15, -0.1) is 0 Å². The molecule has 1 heterocycles. The van der Waals surface area contributed by atoms with Gasteiger partial charge in [0.1, 0.15) is 6.33 Å². The highest BCUT2D eigenvalue weighted by molar-refractivity contribution is 4.97. The van der Waals surface area contributed by atoms with Crippen molar-refractivity contribution < 1.29 is 0 Å². The molecule has 0 aliphatic heterocycles. The minimum Gasteiger partial charge on any atom is -0.309 e. The van der Waals surface area contributed by atoms with E-state index in [9.17, 15) is 0 Å². The molecule has 0 saturated heterocycles. The van der Waals surface area contributed by atoms with E-state index in [1.165, 1.54) is 12.8 Å². The molecular formula is C10H17N3. The second kappa shape index (κ2) is 5.65. The van der Waals surface area contributed by atoms with E-state index in [2.05, 4.69) is 29.1 Å². The van der Waals surface area contributed by atoms with Gasteiger partial charge in [-0.05, 0) is 19.4 Å². The van der Waals surface area contributed by atoms with Crippen LogP contribution in [0.15, 0.2) is 18.6 Å². The standard InChI is InChI=1S/C10H17N3/c1-3-4-9(2)12-7-10-5-6-11-8-13-10/h5-6,8-9,12H,3-4,7H2,1-2H3. The molecule has 0 amide bonds. The highest BCUT2D eigenvalue weighted by Gasteiger charge is 1.99. The van der Waals surface area contributed by atoms with Crippen LogP contribution >= 0.6 is 0 Å². The Hall–Kier alpha value is -0.960. The SMILES string of the molecule is CCCC(C)NCc1ccncn1. The number of aromatic nitrogens is 2. The monoisotopic (exact) mass is 179 g/mol. The van der Waals surface area contributed by atoms with Crippen molar-refractivity contribution in [2.45, 2.75) is 39.3 Å². The van der Waals surface area contributed by atoms with Crippen LogP contribution in [0.2, 0.25) is 0 Å². The second-order valence-corrected chi connectivity index (χ2v) is 3.27. The molecule has 1 atom stereocenters. The summed E-state index contributed by atoms with van der Waals surface area (Å²) in [4.78, 5) is 8.01. The van der Waals surface area contributed by atoms with Crippen molar-refractivity contribution >= 4 is 0 Å². The molecule has 1 N–H and O–H groups in total. The molecule has 1 rings (SSSR count). The van der Waals surface area contributed by atoms with Gasteiger partial charge >= 0.3 is 0 Å². The number of nitrogens with zero attached hydrogens (tertiary/aromatic N) is 2. The topological polar surface area (TPSA) is 37.8 Å². The van der Waals surface area contributed by atoms with Gasteiger partial charge < -0.3 is 5.32 Å². The molecule has 1 aromatic heterocycles. The van der Waals surface area contributed by atoms with Crippen LogP contribution in [0.1, 0.15) is 32.4 Å². The van der Waals surface area contributed by atoms with Gasteiger partial charge in [0.15, 0.2) is 0 Å². The van der Waals surface area contributed by atoms with Crippen LogP contribution in [-0.4, -0.2) is 16.0 Å². The second-order valence-electron chi connectivity index (χ2n) is 3.27. The maximum Gasteiger partial charge on any atom is 0.115 e. The Kier molecular flexibility index (Phi) is 4.40. The minimum atomic E-state index is 0.569. The van der Waals surface area contributed by atoms with Gasteiger partial charge in [0.05, 0.1) is 5.69 Å². The van der Waals surface area contributed by atoms with Crippen LogP contribution in [-0.2, 0) is 6.54 Å². The Morgan fingerprint density at radius 3 is 3.00 bits per heavy atom. The van der Waals surface area contributed by atoms with Crippen molar-refractivity contribution in [1.82, 2.24) is 15.3 Å². The van der Waals surface area contributed by atoms with Crippen LogP contribution in [0.5, 0.6) is 0 Å². The van der Waals surface area contributed by atoms with E-state index in [0.717, 1.165) is 12.2 Å². The first-order valence-electron chi connectivity index (χ1n) is 4.81. The molecule has 1 aromatic rings. The van der Waals surface area contributed by atoms with Gasteiger partial charge in [0, 0.05) is 18.8 Å². The van der Waals surface area contributed by atoms with Crippen molar-refractivity contribution in [1.29, 1.82) is 0 Å². The zero-order chi connectivity index (χ0) is 9.52. The van der Waals surface area contributed by atoms with Gasteiger partial charge in [-0.2, -0.15) is 0 Å². The first-order valence-corrected chi connectivity index (χ1v) is 4.81. The first kappa shape index (κ1) is 10.1. The molecular weight excluding hydrogens is 162 g/mol. The van der Waals surface area contributed by atoms with E-state index in [1.54, 1.807) is 12.5 Å². The summed E-state index contributed by atoms with van der Waals surface area (Å²) in [5.74, 6) is 0. The molecule has 0 bridgehead atoms. The molecule has 0 saturated carbocycles. The smallest absolute Gasteiger partial charge is 0.115 e. The maximum atomic E-state index is 4.14. The van der Waals surface area contributed by atoms with Crippen molar-refractivity contribution in [3.05, 3.63) is 24.3 Å². The lowest BCUT2D eigenvalue weighted by atomic mass is 10.2. The lowest BCUT2D eigenvalue weighted by Crippen LogP contribution is -2.25. The lowest BCUT2D eigenvalue weighted by molar-refractivity contribution is 0.504. The highest BCUT2D eigenvalue weighted by Crippen LogP contribution is 1.97. The fourth-order valence-corrected chi connectivity index (χ4v) is 1.24. The Morgan fingerprint density at radius 1 is 1.54 bits per heavy atom. The van der Waals surface area contributed by atoms with E-state index in [4.69, 9.17) is 0 Å². The Morgan fingerprint density at radius 2 is 2.38 bits per heavy atom. The summed E-state index contributed by atoms with van der Waals surface area (Å²) >= 11 is 0. The largest absolute Gasteiger partial charge is 0.309 e. The van der Waals surface area contributed by atoms with Crippen molar-refractivity contribution in [3.63, 3.8) is 0 Å². The van der Waals surface area contributed by atoms with Gasteiger partial charge in [0.2, 0.25) is 0 Å². The highest BCUT2D eigenvalue weighted by atomic mass is 14.9. The van der Waals surface area contributed by atoms with E-state index in [0.29, 0.717) is 6.04 Å². The fraction of sp³-hybridized carbons (Fsp3) is 0.600. The van der Waals surface area contributed by atoms with Gasteiger partial charge in [-0.3, -0.25) is 0 Å². The van der Waals surface area contributed by atoms with Crippen LogP contribution in [0.3, 0.4) is 0 Å². The zero-order valence-corrected chi connectivity index (χ0v) is 8.33. The fourth-order valence-electron chi connectivity index (χ4n) is 1.24. The summed E-state index contributed by atoms with van der Waals surface area (Å²) in [6, 6.07) is 2.51. The van der Waals surface area contributed by atoms with E-state index >= 15 is 0 Å². The Labute approximate surface area is 79.6 Å². The summed E-state index contributed by atoms with van der Waals surface area (Å²) in [5.41, 5.74) is 1.05. The van der Waals surface area contributed by atoms with Gasteiger partial charge in [-0.1, -0.05) is 13.3 Å². The Bertz CT molecular complexity index is 223. The molecule has 3 nitrogen and oxygen atoms in total. The number of hydrogen-bond acceptors (Lipinski definition) is 3. The number of nitrogens with one attached hydrogen (secondary N) is 1. The molecule has 0 fully saturated rings. The summed E-state index contributed by atoms with van der Waals surface area (Å²) in [6.45, 7) is 5.23. The predicted octanol–water partition coefficient (Wildman–Crippen LogP) is 1.75. The summed E-state index contributed by atoms with van der Waals surface area (Å²) in [6.07, 6.45) is 5.79. The lowest BCUT2D eigenvalue weighted by Gasteiger charge is -2.11.